The normalized spacial score (nSPS) is 17.0. The van der Waals surface area contributed by atoms with E-state index in [0.29, 0.717) is 31.1 Å². The van der Waals surface area contributed by atoms with Crippen molar-refractivity contribution in [1.82, 2.24) is 9.21 Å². The summed E-state index contributed by atoms with van der Waals surface area (Å²) in [6, 6.07) is 25.9. The molecule has 1 heterocycles. The zero-order valence-electron chi connectivity index (χ0n) is 17.5. The molecule has 1 aliphatic rings. The third kappa shape index (κ3) is 4.19. The van der Waals surface area contributed by atoms with Crippen molar-refractivity contribution in [2.75, 3.05) is 26.2 Å². The highest BCUT2D eigenvalue weighted by Gasteiger charge is 2.32. The van der Waals surface area contributed by atoms with Gasteiger partial charge in [-0.15, -0.1) is 0 Å². The summed E-state index contributed by atoms with van der Waals surface area (Å²) in [7, 11) is -3.45. The molecular weight excluding hydrogens is 392 g/mol. The highest BCUT2D eigenvalue weighted by atomic mass is 32.2. The Morgan fingerprint density at radius 2 is 1.37 bits per heavy atom. The number of rotatable bonds is 5. The lowest BCUT2D eigenvalue weighted by Gasteiger charge is -2.39. The van der Waals surface area contributed by atoms with Gasteiger partial charge >= 0.3 is 0 Å². The van der Waals surface area contributed by atoms with Crippen LogP contribution < -0.4 is 0 Å². The van der Waals surface area contributed by atoms with E-state index in [4.69, 9.17) is 0 Å². The second-order valence-corrected chi connectivity index (χ2v) is 9.86. The lowest BCUT2D eigenvalue weighted by Crippen LogP contribution is -2.49. The maximum absolute atomic E-state index is 13.0. The first-order valence-electron chi connectivity index (χ1n) is 10.4. The number of hydrogen-bond acceptors (Lipinski definition) is 3. The van der Waals surface area contributed by atoms with Gasteiger partial charge < -0.3 is 0 Å². The van der Waals surface area contributed by atoms with Gasteiger partial charge in [0.2, 0.25) is 10.0 Å². The van der Waals surface area contributed by atoms with Crippen LogP contribution in [0.4, 0.5) is 0 Å². The Hall–Kier alpha value is -2.47. The second kappa shape index (κ2) is 8.72. The monoisotopic (exact) mass is 420 g/mol. The number of nitrogens with zero attached hydrogens (tertiary/aromatic N) is 2. The molecule has 0 bridgehead atoms. The Labute approximate surface area is 179 Å². The van der Waals surface area contributed by atoms with Crippen LogP contribution in [0.5, 0.6) is 0 Å². The number of benzene rings is 3. The Morgan fingerprint density at radius 3 is 2.00 bits per heavy atom. The van der Waals surface area contributed by atoms with E-state index in [-0.39, 0.29) is 6.04 Å². The SMILES string of the molecule is Cc1ccc(C)c([C@H](c2ccccc2)N2CCN(S(=O)(=O)c3ccccc3)CC2)c1. The fourth-order valence-electron chi connectivity index (χ4n) is 4.22. The van der Waals surface area contributed by atoms with Gasteiger partial charge in [-0.2, -0.15) is 4.31 Å². The highest BCUT2D eigenvalue weighted by Crippen LogP contribution is 2.33. The van der Waals surface area contributed by atoms with Crippen LogP contribution in [-0.4, -0.2) is 43.8 Å². The Kier molecular flexibility index (Phi) is 6.04. The van der Waals surface area contributed by atoms with Crippen LogP contribution in [0.15, 0.2) is 83.8 Å². The van der Waals surface area contributed by atoms with Crippen molar-refractivity contribution in [1.29, 1.82) is 0 Å². The van der Waals surface area contributed by atoms with Crippen molar-refractivity contribution in [3.8, 4) is 0 Å². The minimum Gasteiger partial charge on any atom is -0.290 e. The zero-order chi connectivity index (χ0) is 21.1. The van der Waals surface area contributed by atoms with E-state index in [1.807, 2.05) is 12.1 Å². The number of hydrogen-bond donors (Lipinski definition) is 0. The topological polar surface area (TPSA) is 40.6 Å². The van der Waals surface area contributed by atoms with Crippen LogP contribution in [0.2, 0.25) is 0 Å². The predicted octanol–water partition coefficient (Wildman–Crippen LogP) is 4.40. The molecule has 0 radical (unpaired) electrons. The molecule has 0 saturated carbocycles. The highest BCUT2D eigenvalue weighted by molar-refractivity contribution is 7.89. The van der Waals surface area contributed by atoms with Gasteiger partial charge in [0.25, 0.3) is 0 Å². The Morgan fingerprint density at radius 1 is 0.767 bits per heavy atom. The summed E-state index contributed by atoms with van der Waals surface area (Å²) < 4.78 is 27.6. The molecule has 3 aromatic carbocycles. The third-order valence-electron chi connectivity index (χ3n) is 5.86. The summed E-state index contributed by atoms with van der Waals surface area (Å²) in [6.07, 6.45) is 0. The molecule has 5 heteroatoms. The minimum atomic E-state index is -3.45. The largest absolute Gasteiger partial charge is 0.290 e. The number of aryl methyl sites for hydroxylation is 2. The molecular formula is C25H28N2O2S. The fourth-order valence-corrected chi connectivity index (χ4v) is 5.66. The summed E-state index contributed by atoms with van der Waals surface area (Å²) in [5, 5.41) is 0. The van der Waals surface area contributed by atoms with Crippen LogP contribution in [0.25, 0.3) is 0 Å². The summed E-state index contributed by atoms with van der Waals surface area (Å²) in [5.74, 6) is 0. The van der Waals surface area contributed by atoms with Gasteiger partial charge in [-0.1, -0.05) is 72.3 Å². The molecule has 0 N–H and O–H groups in total. The average molecular weight is 421 g/mol. The van der Waals surface area contributed by atoms with Crippen molar-refractivity contribution >= 4 is 10.0 Å². The minimum absolute atomic E-state index is 0.118. The molecule has 0 aliphatic carbocycles. The molecule has 3 aromatic rings. The van der Waals surface area contributed by atoms with Gasteiger partial charge in [0, 0.05) is 26.2 Å². The molecule has 1 atom stereocenters. The van der Waals surface area contributed by atoms with Gasteiger partial charge in [-0.05, 0) is 42.7 Å². The standard InChI is InChI=1S/C25H28N2O2S/c1-20-13-14-21(2)24(19-20)25(22-9-5-3-6-10-22)26-15-17-27(18-16-26)30(28,29)23-11-7-4-8-12-23/h3-14,19,25H,15-18H2,1-2H3/t25-/m0/s1. The van der Waals surface area contributed by atoms with E-state index >= 15 is 0 Å². The molecule has 0 unspecified atom stereocenters. The van der Waals surface area contributed by atoms with Crippen LogP contribution >= 0.6 is 0 Å². The quantitative estimate of drug-likeness (QED) is 0.614. The zero-order valence-corrected chi connectivity index (χ0v) is 18.3. The lowest BCUT2D eigenvalue weighted by atomic mass is 9.92. The molecule has 156 valence electrons. The van der Waals surface area contributed by atoms with Crippen molar-refractivity contribution in [3.63, 3.8) is 0 Å². The van der Waals surface area contributed by atoms with Crippen LogP contribution in [-0.2, 0) is 10.0 Å². The van der Waals surface area contributed by atoms with Crippen molar-refractivity contribution in [2.45, 2.75) is 24.8 Å². The lowest BCUT2D eigenvalue weighted by molar-refractivity contribution is 0.155. The van der Waals surface area contributed by atoms with Crippen LogP contribution in [0, 0.1) is 13.8 Å². The maximum Gasteiger partial charge on any atom is 0.243 e. The first-order valence-corrected chi connectivity index (χ1v) is 11.8. The summed E-state index contributed by atoms with van der Waals surface area (Å²) in [4.78, 5) is 2.78. The molecule has 1 aliphatic heterocycles. The first-order chi connectivity index (χ1) is 14.5. The molecule has 30 heavy (non-hydrogen) atoms. The molecule has 1 fully saturated rings. The Bertz CT molecular complexity index is 1090. The van der Waals surface area contributed by atoms with Crippen molar-refractivity contribution in [3.05, 3.63) is 101 Å². The first kappa shape index (κ1) is 20.8. The van der Waals surface area contributed by atoms with E-state index in [9.17, 15) is 8.42 Å². The molecule has 4 nitrogen and oxygen atoms in total. The van der Waals surface area contributed by atoms with Crippen LogP contribution in [0.3, 0.4) is 0 Å². The smallest absolute Gasteiger partial charge is 0.243 e. The van der Waals surface area contributed by atoms with E-state index in [1.165, 1.54) is 22.3 Å². The van der Waals surface area contributed by atoms with Crippen molar-refractivity contribution < 1.29 is 8.42 Å². The molecule has 0 aromatic heterocycles. The second-order valence-electron chi connectivity index (χ2n) is 7.93. The maximum atomic E-state index is 13.0. The van der Waals surface area contributed by atoms with E-state index in [2.05, 4.69) is 61.2 Å². The van der Waals surface area contributed by atoms with Crippen LogP contribution in [0.1, 0.15) is 28.3 Å². The summed E-state index contributed by atoms with van der Waals surface area (Å²) in [5.41, 5.74) is 5.03. The third-order valence-corrected chi connectivity index (χ3v) is 7.78. The van der Waals surface area contributed by atoms with Gasteiger partial charge in [0.1, 0.15) is 0 Å². The molecule has 1 saturated heterocycles. The van der Waals surface area contributed by atoms with E-state index in [0.717, 1.165) is 0 Å². The van der Waals surface area contributed by atoms with Gasteiger partial charge in [0.15, 0.2) is 0 Å². The molecule has 4 rings (SSSR count). The number of piperazine rings is 1. The van der Waals surface area contributed by atoms with Gasteiger partial charge in [-0.3, -0.25) is 4.90 Å². The molecule has 0 spiro atoms. The van der Waals surface area contributed by atoms with E-state index in [1.54, 1.807) is 28.6 Å². The summed E-state index contributed by atoms with van der Waals surface area (Å²) in [6.45, 7) is 6.64. The Balaban J connectivity index is 1.61. The number of sulfonamides is 1. The van der Waals surface area contributed by atoms with Crippen molar-refractivity contribution in [2.24, 2.45) is 0 Å². The fraction of sp³-hybridized carbons (Fsp3) is 0.280. The predicted molar refractivity (Wildman–Crippen MR) is 121 cm³/mol. The van der Waals surface area contributed by atoms with E-state index < -0.39 is 10.0 Å². The molecule has 0 amide bonds. The van der Waals surface area contributed by atoms with Gasteiger partial charge in [-0.25, -0.2) is 8.42 Å². The van der Waals surface area contributed by atoms with Gasteiger partial charge in [0.05, 0.1) is 10.9 Å². The average Bonchev–Trinajstić information content (AvgIpc) is 2.78. The summed E-state index contributed by atoms with van der Waals surface area (Å²) >= 11 is 0.